The number of fused-ring (bicyclic) bond motifs is 3. The van der Waals surface area contributed by atoms with Crippen LogP contribution in [0.2, 0.25) is 0 Å². The minimum absolute atomic E-state index is 0.0195. The topological polar surface area (TPSA) is 88.4 Å². The highest BCUT2D eigenvalue weighted by molar-refractivity contribution is 5.77. The third-order valence-electron chi connectivity index (χ3n) is 4.92. The number of carbonyl (C=O) groups is 1. The Morgan fingerprint density at radius 2 is 2.04 bits per heavy atom. The number of hydrogen-bond donors (Lipinski definition) is 0. The van der Waals surface area contributed by atoms with Gasteiger partial charge in [-0.05, 0) is 29.8 Å². The van der Waals surface area contributed by atoms with Gasteiger partial charge in [0, 0.05) is 12.1 Å². The smallest absolute Gasteiger partial charge is 0.313 e. The number of ether oxygens (including phenoxy) is 4. The molecule has 28 heavy (non-hydrogen) atoms. The molecule has 0 saturated heterocycles. The fourth-order valence-corrected chi connectivity index (χ4v) is 3.66. The van der Waals surface area contributed by atoms with Crippen LogP contribution in [0.25, 0.3) is 5.65 Å². The van der Waals surface area contributed by atoms with Gasteiger partial charge in [-0.1, -0.05) is 6.07 Å². The summed E-state index contributed by atoms with van der Waals surface area (Å²) in [7, 11) is 1.53. The fraction of sp³-hybridized carbons (Fsp3) is 0.250. The quantitative estimate of drug-likeness (QED) is 0.628. The largest absolute Gasteiger partial charge is 0.493 e. The molecule has 1 aromatic carbocycles. The number of carbonyl (C=O) groups excluding carboxylic acids is 1. The van der Waals surface area contributed by atoms with E-state index >= 15 is 0 Å². The van der Waals surface area contributed by atoms with Crippen molar-refractivity contribution in [3.05, 3.63) is 58.0 Å². The summed E-state index contributed by atoms with van der Waals surface area (Å²) in [4.78, 5) is 29.8. The van der Waals surface area contributed by atoms with E-state index in [4.69, 9.17) is 18.9 Å². The van der Waals surface area contributed by atoms with E-state index in [1.165, 1.54) is 11.5 Å². The summed E-state index contributed by atoms with van der Waals surface area (Å²) in [6.07, 6.45) is 1.66. The minimum Gasteiger partial charge on any atom is -0.493 e. The first-order chi connectivity index (χ1) is 13.7. The van der Waals surface area contributed by atoms with Gasteiger partial charge >= 0.3 is 5.97 Å². The second kappa shape index (κ2) is 6.26. The Bertz CT molecular complexity index is 1150. The number of methoxy groups -OCH3 is 1. The van der Waals surface area contributed by atoms with Crippen LogP contribution < -0.4 is 24.5 Å². The standard InChI is InChI=1S/C20H16N2O6/c1-25-13-8-11(9-14-18(13)27-7-6-26-14)12-10-16(23)28-19-17(12)20(24)22-5-3-2-4-15(22)21-19/h2-5,8-9,12H,6-7,10H2,1H3/t12-/m1/s1. The third kappa shape index (κ3) is 2.49. The third-order valence-corrected chi connectivity index (χ3v) is 4.92. The van der Waals surface area contributed by atoms with Crippen LogP contribution in [0.1, 0.15) is 23.5 Å². The Balaban J connectivity index is 1.73. The SMILES string of the molecule is COc1cc([C@H]2CC(=O)Oc3nc4ccccn4c(=O)c32)cc2c1OCCO2. The van der Waals surface area contributed by atoms with Crippen molar-refractivity contribution >= 4 is 11.6 Å². The van der Waals surface area contributed by atoms with Crippen LogP contribution in [0.4, 0.5) is 0 Å². The summed E-state index contributed by atoms with van der Waals surface area (Å²) < 4.78 is 23.5. The highest BCUT2D eigenvalue weighted by Gasteiger charge is 2.34. The summed E-state index contributed by atoms with van der Waals surface area (Å²) in [5, 5.41) is 0. The molecule has 0 fully saturated rings. The first-order valence-corrected chi connectivity index (χ1v) is 8.85. The maximum Gasteiger partial charge on any atom is 0.313 e. The maximum absolute atomic E-state index is 13.2. The number of aromatic nitrogens is 2. The molecule has 2 aliphatic heterocycles. The van der Waals surface area contributed by atoms with Gasteiger partial charge in [0.05, 0.1) is 19.1 Å². The lowest BCUT2D eigenvalue weighted by atomic mass is 9.87. The Kier molecular flexibility index (Phi) is 3.71. The number of pyridine rings is 1. The van der Waals surface area contributed by atoms with Crippen molar-refractivity contribution in [2.45, 2.75) is 12.3 Å². The van der Waals surface area contributed by atoms with Crippen molar-refractivity contribution < 1.29 is 23.7 Å². The molecule has 142 valence electrons. The van der Waals surface area contributed by atoms with E-state index in [0.29, 0.717) is 47.2 Å². The molecule has 0 N–H and O–H groups in total. The van der Waals surface area contributed by atoms with Crippen LogP contribution in [-0.2, 0) is 4.79 Å². The molecule has 3 aromatic rings. The van der Waals surface area contributed by atoms with Crippen molar-refractivity contribution in [2.75, 3.05) is 20.3 Å². The lowest BCUT2D eigenvalue weighted by Gasteiger charge is -2.26. The molecule has 0 amide bonds. The van der Waals surface area contributed by atoms with Crippen molar-refractivity contribution in [3.8, 4) is 23.1 Å². The zero-order valence-electron chi connectivity index (χ0n) is 15.0. The van der Waals surface area contributed by atoms with Crippen LogP contribution in [-0.4, -0.2) is 35.7 Å². The van der Waals surface area contributed by atoms with Crippen LogP contribution in [0, 0.1) is 0 Å². The molecule has 0 aliphatic carbocycles. The van der Waals surface area contributed by atoms with Gasteiger partial charge in [-0.25, -0.2) is 0 Å². The summed E-state index contributed by atoms with van der Waals surface area (Å²) in [6, 6.07) is 8.75. The number of benzene rings is 1. The molecule has 8 nitrogen and oxygen atoms in total. The van der Waals surface area contributed by atoms with Gasteiger partial charge < -0.3 is 18.9 Å². The molecule has 0 unspecified atom stereocenters. The zero-order chi connectivity index (χ0) is 19.3. The van der Waals surface area contributed by atoms with E-state index in [1.54, 1.807) is 36.5 Å². The average molecular weight is 380 g/mol. The van der Waals surface area contributed by atoms with Gasteiger partial charge in [-0.15, -0.1) is 0 Å². The molecular formula is C20H16N2O6. The van der Waals surface area contributed by atoms with E-state index < -0.39 is 11.9 Å². The summed E-state index contributed by atoms with van der Waals surface area (Å²) in [5.41, 5.74) is 1.18. The van der Waals surface area contributed by atoms with Gasteiger partial charge in [0.25, 0.3) is 5.56 Å². The fourth-order valence-electron chi connectivity index (χ4n) is 3.66. The molecule has 2 aromatic heterocycles. The highest BCUT2D eigenvalue weighted by atomic mass is 16.6. The van der Waals surface area contributed by atoms with Gasteiger partial charge in [0.2, 0.25) is 11.6 Å². The zero-order valence-corrected chi connectivity index (χ0v) is 15.0. The van der Waals surface area contributed by atoms with Gasteiger partial charge in [0.1, 0.15) is 18.9 Å². The number of rotatable bonds is 2. The molecule has 5 rings (SSSR count). The second-order valence-corrected chi connectivity index (χ2v) is 6.54. The number of nitrogens with zero attached hydrogens (tertiary/aromatic N) is 2. The van der Waals surface area contributed by atoms with Gasteiger partial charge in [0.15, 0.2) is 11.5 Å². The first-order valence-electron chi connectivity index (χ1n) is 8.85. The lowest BCUT2D eigenvalue weighted by Crippen LogP contribution is -2.31. The van der Waals surface area contributed by atoms with Crippen molar-refractivity contribution in [1.29, 1.82) is 0 Å². The van der Waals surface area contributed by atoms with Crippen LogP contribution in [0.3, 0.4) is 0 Å². The van der Waals surface area contributed by atoms with Crippen molar-refractivity contribution in [2.24, 2.45) is 0 Å². The Labute approximate surface area is 159 Å². The predicted molar refractivity (Wildman–Crippen MR) is 97.5 cm³/mol. The first kappa shape index (κ1) is 16.6. The monoisotopic (exact) mass is 380 g/mol. The summed E-state index contributed by atoms with van der Waals surface area (Å²) >= 11 is 0. The summed E-state index contributed by atoms with van der Waals surface area (Å²) in [6.45, 7) is 0.844. The van der Waals surface area contributed by atoms with Gasteiger partial charge in [-0.3, -0.25) is 14.0 Å². The van der Waals surface area contributed by atoms with E-state index in [2.05, 4.69) is 4.98 Å². The molecule has 8 heteroatoms. The van der Waals surface area contributed by atoms with Gasteiger partial charge in [-0.2, -0.15) is 4.98 Å². The van der Waals surface area contributed by atoms with Crippen LogP contribution >= 0.6 is 0 Å². The summed E-state index contributed by atoms with van der Waals surface area (Å²) in [5.74, 6) is 0.601. The molecule has 0 spiro atoms. The normalized spacial score (nSPS) is 17.8. The predicted octanol–water partition coefficient (Wildman–Crippen LogP) is 1.92. The van der Waals surface area contributed by atoms with E-state index in [-0.39, 0.29) is 17.9 Å². The Morgan fingerprint density at radius 3 is 2.89 bits per heavy atom. The Hall–Kier alpha value is -3.55. The second-order valence-electron chi connectivity index (χ2n) is 6.54. The Morgan fingerprint density at radius 1 is 1.18 bits per heavy atom. The maximum atomic E-state index is 13.2. The average Bonchev–Trinajstić information content (AvgIpc) is 2.72. The van der Waals surface area contributed by atoms with Crippen molar-refractivity contribution in [3.63, 3.8) is 0 Å². The van der Waals surface area contributed by atoms with E-state index in [1.807, 2.05) is 0 Å². The molecule has 0 saturated carbocycles. The lowest BCUT2D eigenvalue weighted by molar-refractivity contribution is -0.135. The molecule has 0 radical (unpaired) electrons. The van der Waals surface area contributed by atoms with Crippen LogP contribution in [0.15, 0.2) is 41.3 Å². The highest BCUT2D eigenvalue weighted by Crippen LogP contribution is 2.45. The molecule has 4 heterocycles. The molecule has 0 bridgehead atoms. The number of esters is 1. The molecular weight excluding hydrogens is 364 g/mol. The minimum atomic E-state index is -0.530. The number of hydrogen-bond acceptors (Lipinski definition) is 7. The van der Waals surface area contributed by atoms with Crippen molar-refractivity contribution in [1.82, 2.24) is 9.38 Å². The van der Waals surface area contributed by atoms with E-state index in [9.17, 15) is 9.59 Å². The van der Waals surface area contributed by atoms with Crippen LogP contribution in [0.5, 0.6) is 23.1 Å². The molecule has 1 atom stereocenters. The molecule has 2 aliphatic rings. The van der Waals surface area contributed by atoms with E-state index in [0.717, 1.165) is 0 Å².